The summed E-state index contributed by atoms with van der Waals surface area (Å²) in [6.45, 7) is 5.82. The normalized spacial score (nSPS) is 31.8. The van der Waals surface area contributed by atoms with Crippen LogP contribution in [-0.2, 0) is 4.74 Å². The largest absolute Gasteiger partial charge is 0.379 e. The molecule has 0 radical (unpaired) electrons. The van der Waals surface area contributed by atoms with Gasteiger partial charge in [-0.1, -0.05) is 0 Å². The molecule has 3 heteroatoms. The summed E-state index contributed by atoms with van der Waals surface area (Å²) in [4.78, 5) is 2.52. The van der Waals surface area contributed by atoms with Crippen LogP contribution in [0.1, 0.15) is 12.8 Å². The molecule has 0 aliphatic carbocycles. The van der Waals surface area contributed by atoms with Crippen LogP contribution in [0.4, 0.5) is 0 Å². The minimum atomic E-state index is 0.713. The summed E-state index contributed by atoms with van der Waals surface area (Å²) in [5, 5.41) is 1.68. The number of morpholine rings is 1. The van der Waals surface area contributed by atoms with Crippen molar-refractivity contribution in [2.75, 3.05) is 39.4 Å². The zero-order chi connectivity index (χ0) is 9.10. The van der Waals surface area contributed by atoms with Crippen molar-refractivity contribution in [2.24, 2.45) is 0 Å². The predicted molar refractivity (Wildman–Crippen MR) is 48.3 cm³/mol. The molecular formula is C9H18N2O. The third kappa shape index (κ3) is 1.97. The van der Waals surface area contributed by atoms with Gasteiger partial charge in [-0.15, -0.1) is 0 Å². The van der Waals surface area contributed by atoms with E-state index in [1.54, 1.807) is 5.31 Å². The summed E-state index contributed by atoms with van der Waals surface area (Å²) < 4.78 is 12.8. The van der Waals surface area contributed by atoms with Gasteiger partial charge >= 0.3 is 0 Å². The van der Waals surface area contributed by atoms with Crippen LogP contribution < -0.4 is 5.31 Å². The van der Waals surface area contributed by atoms with Crippen molar-refractivity contribution < 1.29 is 6.15 Å². The Hall–Kier alpha value is -0.120. The van der Waals surface area contributed by atoms with E-state index in [-0.39, 0.29) is 0 Å². The van der Waals surface area contributed by atoms with Gasteiger partial charge in [-0.05, 0) is 25.9 Å². The van der Waals surface area contributed by atoms with Gasteiger partial charge in [0.25, 0.3) is 0 Å². The summed E-state index contributed by atoms with van der Waals surface area (Å²) in [5.74, 6) is 0. The van der Waals surface area contributed by atoms with E-state index in [0.717, 1.165) is 52.2 Å². The Kier molecular flexibility index (Phi) is 2.56. The lowest BCUT2D eigenvalue weighted by molar-refractivity contribution is 0.0101. The second-order valence-corrected chi connectivity index (χ2v) is 3.55. The molecule has 2 aliphatic heterocycles. The van der Waals surface area contributed by atoms with E-state index < -0.39 is 0 Å². The van der Waals surface area contributed by atoms with Gasteiger partial charge in [0.15, 0.2) is 0 Å². The molecule has 0 aromatic heterocycles. The van der Waals surface area contributed by atoms with Crippen LogP contribution in [0, 0.1) is 0 Å². The first-order valence-electron chi connectivity index (χ1n) is 5.36. The minimum absolute atomic E-state index is 0.713. The highest BCUT2D eigenvalue weighted by Gasteiger charge is 2.21. The summed E-state index contributed by atoms with van der Waals surface area (Å²) in [6.07, 6.45) is 2.31. The second-order valence-electron chi connectivity index (χ2n) is 3.55. The summed E-state index contributed by atoms with van der Waals surface area (Å²) >= 11 is 0. The monoisotopic (exact) mass is 171 g/mol. The lowest BCUT2D eigenvalue weighted by atomic mass is 10.0. The SMILES string of the molecule is [2H]N1CCC(N2CCOCC2)CC1. The molecule has 12 heavy (non-hydrogen) atoms. The quantitative estimate of drug-likeness (QED) is 0.604. The average molecular weight is 171 g/mol. The molecule has 2 heterocycles. The van der Waals surface area contributed by atoms with Gasteiger partial charge < -0.3 is 10.0 Å². The van der Waals surface area contributed by atoms with Crippen molar-refractivity contribution in [3.63, 3.8) is 0 Å². The molecule has 0 aromatic rings. The third-order valence-electron chi connectivity index (χ3n) is 2.80. The number of hydrogen-bond acceptors (Lipinski definition) is 3. The molecule has 2 aliphatic rings. The van der Waals surface area contributed by atoms with Crippen molar-refractivity contribution in [3.8, 4) is 0 Å². The van der Waals surface area contributed by atoms with E-state index in [4.69, 9.17) is 6.15 Å². The first-order valence-corrected chi connectivity index (χ1v) is 4.92. The van der Waals surface area contributed by atoms with E-state index in [1.807, 2.05) is 0 Å². The van der Waals surface area contributed by atoms with E-state index in [2.05, 4.69) is 4.90 Å². The van der Waals surface area contributed by atoms with Gasteiger partial charge in [-0.3, -0.25) is 4.90 Å². The van der Waals surface area contributed by atoms with E-state index >= 15 is 0 Å². The molecule has 2 saturated heterocycles. The molecule has 0 amide bonds. The van der Waals surface area contributed by atoms with Crippen LogP contribution in [0.3, 0.4) is 0 Å². The minimum Gasteiger partial charge on any atom is -0.379 e. The maximum atomic E-state index is 7.47. The first kappa shape index (κ1) is 7.30. The standard InChI is InChI=1S/C9H18N2O/c1-3-10-4-2-9(1)11-5-7-12-8-6-11/h9-10H,1-8H2/i/hD. The predicted octanol–water partition coefficient (Wildman–Crippen LogP) is 0.0706. The molecular weight excluding hydrogens is 152 g/mol. The first-order chi connectivity index (χ1) is 6.36. The van der Waals surface area contributed by atoms with Gasteiger partial charge in [0.05, 0.1) is 13.2 Å². The molecule has 0 unspecified atom stereocenters. The van der Waals surface area contributed by atoms with Gasteiger partial charge in [-0.25, -0.2) is 0 Å². The fourth-order valence-corrected chi connectivity index (χ4v) is 2.04. The van der Waals surface area contributed by atoms with E-state index in [9.17, 15) is 0 Å². The van der Waals surface area contributed by atoms with E-state index in [1.165, 1.54) is 0 Å². The van der Waals surface area contributed by atoms with Gasteiger partial charge in [0.1, 0.15) is 1.41 Å². The highest BCUT2D eigenvalue weighted by atomic mass is 16.5. The van der Waals surface area contributed by atoms with Crippen LogP contribution in [0.15, 0.2) is 0 Å². The summed E-state index contributed by atoms with van der Waals surface area (Å²) in [7, 11) is 0. The third-order valence-corrected chi connectivity index (χ3v) is 2.80. The van der Waals surface area contributed by atoms with Crippen LogP contribution in [0.5, 0.6) is 0 Å². The molecule has 2 fully saturated rings. The van der Waals surface area contributed by atoms with Gasteiger partial charge in [-0.2, -0.15) is 0 Å². The Morgan fingerprint density at radius 3 is 2.58 bits per heavy atom. The molecule has 3 nitrogen and oxygen atoms in total. The van der Waals surface area contributed by atoms with Crippen molar-refractivity contribution in [1.29, 1.82) is 0 Å². The zero-order valence-electron chi connectivity index (χ0n) is 8.54. The zero-order valence-corrected chi connectivity index (χ0v) is 7.54. The molecule has 0 aromatic carbocycles. The Labute approximate surface area is 75.5 Å². The molecule has 1 N–H and O–H groups in total. The summed E-state index contributed by atoms with van der Waals surface area (Å²) in [5.41, 5.74) is 0. The fraction of sp³-hybridized carbons (Fsp3) is 1.00. The molecule has 2 rings (SSSR count). The second kappa shape index (κ2) is 4.21. The smallest absolute Gasteiger partial charge is 0.122 e. The topological polar surface area (TPSA) is 24.5 Å². The number of ether oxygens (including phenoxy) is 1. The van der Waals surface area contributed by atoms with Crippen molar-refractivity contribution in [3.05, 3.63) is 0 Å². The Morgan fingerprint density at radius 1 is 1.25 bits per heavy atom. The number of hydrogen-bond donors (Lipinski definition) is 1. The lowest BCUT2D eigenvalue weighted by Gasteiger charge is -2.36. The number of rotatable bonds is 1. The average Bonchev–Trinajstić information content (AvgIpc) is 2.20. The molecule has 0 bridgehead atoms. The van der Waals surface area contributed by atoms with E-state index in [0.29, 0.717) is 6.04 Å². The number of nitrogens with one attached hydrogen (secondary N) is 1. The Bertz CT molecular complexity index is 154. The maximum Gasteiger partial charge on any atom is 0.122 e. The van der Waals surface area contributed by atoms with Crippen LogP contribution in [0.2, 0.25) is 1.41 Å². The van der Waals surface area contributed by atoms with Crippen molar-refractivity contribution in [2.45, 2.75) is 18.9 Å². The van der Waals surface area contributed by atoms with Crippen LogP contribution in [0.25, 0.3) is 0 Å². The molecule has 70 valence electrons. The maximum absolute atomic E-state index is 7.47. The van der Waals surface area contributed by atoms with Crippen LogP contribution in [-0.4, -0.2) is 50.3 Å². The number of piperidine rings is 1. The molecule has 0 atom stereocenters. The molecule has 0 spiro atoms. The van der Waals surface area contributed by atoms with Gasteiger partial charge in [0.2, 0.25) is 0 Å². The van der Waals surface area contributed by atoms with Crippen LogP contribution >= 0.6 is 0 Å². The Morgan fingerprint density at radius 2 is 1.92 bits per heavy atom. The number of nitrogens with zero attached hydrogens (tertiary/aromatic N) is 1. The van der Waals surface area contributed by atoms with Gasteiger partial charge in [0, 0.05) is 19.1 Å². The highest BCUT2D eigenvalue weighted by molar-refractivity contribution is 4.78. The highest BCUT2D eigenvalue weighted by Crippen LogP contribution is 2.12. The molecule has 0 saturated carbocycles. The lowest BCUT2D eigenvalue weighted by Crippen LogP contribution is -2.47. The van der Waals surface area contributed by atoms with Crippen molar-refractivity contribution >= 4 is 0 Å². The Balaban J connectivity index is 1.79. The van der Waals surface area contributed by atoms with Crippen molar-refractivity contribution in [1.82, 2.24) is 10.2 Å². The summed E-state index contributed by atoms with van der Waals surface area (Å²) in [6, 6.07) is 0.713. The fourth-order valence-electron chi connectivity index (χ4n) is 2.04.